The molecule has 0 radical (unpaired) electrons. The second-order valence-electron chi connectivity index (χ2n) is 6.17. The third-order valence-electron chi connectivity index (χ3n) is 4.51. The zero-order valence-corrected chi connectivity index (χ0v) is 16.6. The first-order valence-electron chi connectivity index (χ1n) is 8.68. The molecule has 1 heterocycles. The van der Waals surface area contributed by atoms with Crippen LogP contribution in [0.5, 0.6) is 5.75 Å². The molecule has 6 heteroatoms. The predicted octanol–water partition coefficient (Wildman–Crippen LogP) is 4.18. The molecular weight excluding hydrogens is 368 g/mol. The second-order valence-corrected chi connectivity index (χ2v) is 7.96. The van der Waals surface area contributed by atoms with Gasteiger partial charge in [-0.15, -0.1) is 11.8 Å². The van der Waals surface area contributed by atoms with Crippen LogP contribution in [0.15, 0.2) is 53.4 Å². The van der Waals surface area contributed by atoms with Crippen molar-refractivity contribution in [1.29, 1.82) is 0 Å². The molecular formula is C20H23ClN2O2S. The van der Waals surface area contributed by atoms with E-state index in [1.165, 1.54) is 11.8 Å². The lowest BCUT2D eigenvalue weighted by Gasteiger charge is -2.37. The molecule has 1 aliphatic heterocycles. The number of rotatable bonds is 5. The minimum absolute atomic E-state index is 0.160. The number of amides is 1. The van der Waals surface area contributed by atoms with Crippen molar-refractivity contribution in [3.05, 3.63) is 53.6 Å². The molecule has 1 saturated heterocycles. The first kappa shape index (κ1) is 18.9. The van der Waals surface area contributed by atoms with Gasteiger partial charge in [0.05, 0.1) is 23.1 Å². The van der Waals surface area contributed by atoms with E-state index < -0.39 is 0 Å². The zero-order chi connectivity index (χ0) is 18.5. The molecule has 3 rings (SSSR count). The summed E-state index contributed by atoms with van der Waals surface area (Å²) in [5.41, 5.74) is 1.08. The summed E-state index contributed by atoms with van der Waals surface area (Å²) < 4.78 is 5.45. The number of ether oxygens (including phenoxy) is 1. The summed E-state index contributed by atoms with van der Waals surface area (Å²) in [5.74, 6) is 1.03. The number of para-hydroxylation sites is 2. The highest BCUT2D eigenvalue weighted by atomic mass is 35.5. The van der Waals surface area contributed by atoms with Crippen LogP contribution in [-0.2, 0) is 4.79 Å². The van der Waals surface area contributed by atoms with E-state index in [4.69, 9.17) is 16.3 Å². The lowest BCUT2D eigenvalue weighted by atomic mass is 10.2. The van der Waals surface area contributed by atoms with Crippen LogP contribution < -0.4 is 9.64 Å². The van der Waals surface area contributed by atoms with Crippen LogP contribution in [0.4, 0.5) is 5.69 Å². The average molecular weight is 391 g/mol. The molecule has 138 valence electrons. The van der Waals surface area contributed by atoms with Crippen molar-refractivity contribution in [2.45, 2.75) is 17.1 Å². The lowest BCUT2D eigenvalue weighted by molar-refractivity contribution is -0.130. The van der Waals surface area contributed by atoms with E-state index in [1.54, 1.807) is 7.11 Å². The Bertz CT molecular complexity index is 763. The van der Waals surface area contributed by atoms with Crippen LogP contribution in [0.25, 0.3) is 0 Å². The van der Waals surface area contributed by atoms with E-state index in [0.717, 1.165) is 29.4 Å². The van der Waals surface area contributed by atoms with Crippen molar-refractivity contribution >= 4 is 35.0 Å². The highest BCUT2D eigenvalue weighted by Gasteiger charge is 2.26. The van der Waals surface area contributed by atoms with Gasteiger partial charge in [0.2, 0.25) is 5.91 Å². The van der Waals surface area contributed by atoms with E-state index in [1.807, 2.05) is 54.3 Å². The van der Waals surface area contributed by atoms with Gasteiger partial charge >= 0.3 is 0 Å². The summed E-state index contributed by atoms with van der Waals surface area (Å²) in [6, 6.07) is 15.7. The van der Waals surface area contributed by atoms with Crippen LogP contribution in [0, 0.1) is 0 Å². The number of benzene rings is 2. The van der Waals surface area contributed by atoms with Gasteiger partial charge in [-0.05, 0) is 31.2 Å². The Balaban J connectivity index is 1.59. The van der Waals surface area contributed by atoms with Crippen molar-refractivity contribution in [2.24, 2.45) is 0 Å². The molecule has 1 amide bonds. The largest absolute Gasteiger partial charge is 0.495 e. The molecule has 1 unspecified atom stereocenters. The van der Waals surface area contributed by atoms with Crippen molar-refractivity contribution in [2.75, 3.05) is 38.2 Å². The minimum atomic E-state index is -0.160. The average Bonchev–Trinajstić information content (AvgIpc) is 2.69. The van der Waals surface area contributed by atoms with Gasteiger partial charge in [0.25, 0.3) is 0 Å². The molecule has 0 spiro atoms. The number of thioether (sulfide) groups is 1. The second kappa shape index (κ2) is 8.69. The van der Waals surface area contributed by atoms with Gasteiger partial charge in [-0.1, -0.05) is 35.9 Å². The molecule has 0 N–H and O–H groups in total. The number of hydrogen-bond acceptors (Lipinski definition) is 4. The van der Waals surface area contributed by atoms with Gasteiger partial charge < -0.3 is 14.5 Å². The lowest BCUT2D eigenvalue weighted by Crippen LogP contribution is -2.50. The maximum absolute atomic E-state index is 12.8. The Kier molecular flexibility index (Phi) is 6.33. The molecule has 0 bridgehead atoms. The number of methoxy groups -OCH3 is 1. The molecule has 0 aromatic heterocycles. The van der Waals surface area contributed by atoms with Gasteiger partial charge in [-0.25, -0.2) is 0 Å². The Labute approximate surface area is 164 Å². The van der Waals surface area contributed by atoms with Crippen LogP contribution in [0.2, 0.25) is 5.02 Å². The molecule has 1 aliphatic rings. The number of anilines is 1. The molecule has 4 nitrogen and oxygen atoms in total. The van der Waals surface area contributed by atoms with E-state index >= 15 is 0 Å². The normalized spacial score (nSPS) is 15.7. The topological polar surface area (TPSA) is 32.8 Å². The quantitative estimate of drug-likeness (QED) is 0.717. The van der Waals surface area contributed by atoms with Gasteiger partial charge in [-0.2, -0.15) is 0 Å². The van der Waals surface area contributed by atoms with Crippen molar-refractivity contribution in [3.63, 3.8) is 0 Å². The summed E-state index contributed by atoms with van der Waals surface area (Å²) in [6.07, 6.45) is 0. The summed E-state index contributed by atoms with van der Waals surface area (Å²) >= 11 is 7.73. The van der Waals surface area contributed by atoms with Crippen molar-refractivity contribution in [1.82, 2.24) is 4.90 Å². The molecule has 1 atom stereocenters. The van der Waals surface area contributed by atoms with Crippen LogP contribution in [0.3, 0.4) is 0 Å². The number of carbonyl (C=O) groups is 1. The first-order chi connectivity index (χ1) is 12.6. The van der Waals surface area contributed by atoms with Crippen LogP contribution >= 0.6 is 23.4 Å². The Morgan fingerprint density at radius 3 is 2.42 bits per heavy atom. The molecule has 26 heavy (non-hydrogen) atoms. The van der Waals surface area contributed by atoms with Gasteiger partial charge in [0.15, 0.2) is 0 Å². The fourth-order valence-corrected chi connectivity index (χ4v) is 4.33. The number of halogens is 1. The van der Waals surface area contributed by atoms with Crippen molar-refractivity contribution < 1.29 is 9.53 Å². The monoisotopic (exact) mass is 390 g/mol. The number of nitrogens with zero attached hydrogens (tertiary/aromatic N) is 2. The highest BCUT2D eigenvalue weighted by Crippen LogP contribution is 2.32. The Morgan fingerprint density at radius 2 is 1.73 bits per heavy atom. The SMILES string of the molecule is COc1ccccc1N1CCN(C(=O)C(C)Sc2ccccc2Cl)CC1. The molecule has 0 aliphatic carbocycles. The molecule has 1 fully saturated rings. The fraction of sp³-hybridized carbons (Fsp3) is 0.350. The molecule has 2 aromatic carbocycles. The smallest absolute Gasteiger partial charge is 0.235 e. The number of piperazine rings is 1. The minimum Gasteiger partial charge on any atom is -0.495 e. The van der Waals surface area contributed by atoms with Crippen LogP contribution in [0.1, 0.15) is 6.92 Å². The van der Waals surface area contributed by atoms with E-state index in [2.05, 4.69) is 11.0 Å². The zero-order valence-electron chi connectivity index (χ0n) is 15.0. The predicted molar refractivity (Wildman–Crippen MR) is 109 cm³/mol. The maximum Gasteiger partial charge on any atom is 0.235 e. The summed E-state index contributed by atoms with van der Waals surface area (Å²) in [6.45, 7) is 4.97. The maximum atomic E-state index is 12.8. The van der Waals surface area contributed by atoms with Crippen molar-refractivity contribution in [3.8, 4) is 5.75 Å². The third kappa shape index (κ3) is 4.27. The summed E-state index contributed by atoms with van der Waals surface area (Å²) in [7, 11) is 1.69. The summed E-state index contributed by atoms with van der Waals surface area (Å²) in [5, 5.41) is 0.533. The fourth-order valence-electron chi connectivity index (χ4n) is 3.10. The van der Waals surface area contributed by atoms with Gasteiger partial charge in [-0.3, -0.25) is 4.79 Å². The molecule has 0 saturated carbocycles. The number of carbonyl (C=O) groups excluding carboxylic acids is 1. The number of hydrogen-bond donors (Lipinski definition) is 0. The van der Waals surface area contributed by atoms with Crippen LogP contribution in [-0.4, -0.2) is 49.3 Å². The van der Waals surface area contributed by atoms with E-state index in [0.29, 0.717) is 18.1 Å². The van der Waals surface area contributed by atoms with E-state index in [-0.39, 0.29) is 11.2 Å². The Hall–Kier alpha value is -1.85. The third-order valence-corrected chi connectivity index (χ3v) is 6.11. The summed E-state index contributed by atoms with van der Waals surface area (Å²) in [4.78, 5) is 18.0. The standard InChI is InChI=1S/C20H23ClN2O2S/c1-15(26-19-10-6-3-7-16(19)21)20(24)23-13-11-22(12-14-23)17-8-4-5-9-18(17)25-2/h3-10,15H,11-14H2,1-2H3. The van der Waals surface area contributed by atoms with Gasteiger partial charge in [0.1, 0.15) is 5.75 Å². The Morgan fingerprint density at radius 1 is 1.08 bits per heavy atom. The molecule has 2 aromatic rings. The first-order valence-corrected chi connectivity index (χ1v) is 9.94. The van der Waals surface area contributed by atoms with E-state index in [9.17, 15) is 4.79 Å². The highest BCUT2D eigenvalue weighted by molar-refractivity contribution is 8.00. The van der Waals surface area contributed by atoms with Gasteiger partial charge in [0, 0.05) is 31.1 Å².